The molecule has 1 aromatic carbocycles. The predicted molar refractivity (Wildman–Crippen MR) is 102 cm³/mol. The van der Waals surface area contributed by atoms with E-state index in [1.54, 1.807) is 26.8 Å². The SMILES string of the molecule is CC(C)(C)OC(=O)NCCCNS(=O)(=O)CCSc1cccc(N)c1. The van der Waals surface area contributed by atoms with Gasteiger partial charge in [0.05, 0.1) is 5.75 Å². The van der Waals surface area contributed by atoms with E-state index in [-0.39, 0.29) is 12.3 Å². The molecule has 1 aromatic rings. The first-order chi connectivity index (χ1) is 11.6. The molecule has 0 aliphatic carbocycles. The quantitative estimate of drug-likeness (QED) is 0.339. The van der Waals surface area contributed by atoms with E-state index in [9.17, 15) is 13.2 Å². The van der Waals surface area contributed by atoms with Gasteiger partial charge in [-0.1, -0.05) is 6.07 Å². The number of thioether (sulfide) groups is 1. The maximum Gasteiger partial charge on any atom is 0.407 e. The molecule has 9 heteroatoms. The molecule has 0 saturated heterocycles. The van der Waals surface area contributed by atoms with Crippen LogP contribution >= 0.6 is 11.8 Å². The van der Waals surface area contributed by atoms with Gasteiger partial charge in [0.2, 0.25) is 10.0 Å². The monoisotopic (exact) mass is 389 g/mol. The van der Waals surface area contributed by atoms with Crippen molar-refractivity contribution in [1.29, 1.82) is 0 Å². The van der Waals surface area contributed by atoms with E-state index < -0.39 is 21.7 Å². The fourth-order valence-corrected chi connectivity index (χ4v) is 4.21. The zero-order valence-electron chi connectivity index (χ0n) is 14.9. The van der Waals surface area contributed by atoms with Gasteiger partial charge in [-0.25, -0.2) is 17.9 Å². The largest absolute Gasteiger partial charge is 0.444 e. The molecule has 0 aliphatic rings. The van der Waals surface area contributed by atoms with Crippen molar-refractivity contribution >= 4 is 33.6 Å². The average molecular weight is 390 g/mol. The number of ether oxygens (including phenoxy) is 1. The topological polar surface area (TPSA) is 111 Å². The van der Waals surface area contributed by atoms with Gasteiger partial charge >= 0.3 is 6.09 Å². The third-order valence-electron chi connectivity index (χ3n) is 2.82. The Labute approximate surface area is 154 Å². The molecule has 7 nitrogen and oxygen atoms in total. The normalized spacial score (nSPS) is 12.0. The number of nitrogens with two attached hydrogens (primary N) is 1. The first-order valence-corrected chi connectivity index (χ1v) is 10.6. The van der Waals surface area contributed by atoms with Gasteiger partial charge < -0.3 is 15.8 Å². The highest BCUT2D eigenvalue weighted by Crippen LogP contribution is 2.20. The number of amides is 1. The Hall–Kier alpha value is -1.45. The summed E-state index contributed by atoms with van der Waals surface area (Å²) in [6.07, 6.45) is -0.0187. The lowest BCUT2D eigenvalue weighted by atomic mass is 10.2. The molecule has 0 aliphatic heterocycles. The number of carbonyl (C=O) groups is 1. The van der Waals surface area contributed by atoms with Crippen LogP contribution in [0, 0.1) is 0 Å². The minimum atomic E-state index is -3.34. The average Bonchev–Trinajstić information content (AvgIpc) is 2.44. The van der Waals surface area contributed by atoms with Gasteiger partial charge in [0.25, 0.3) is 0 Å². The van der Waals surface area contributed by atoms with Gasteiger partial charge in [0.15, 0.2) is 0 Å². The van der Waals surface area contributed by atoms with Crippen LogP contribution in [0.1, 0.15) is 27.2 Å². The highest BCUT2D eigenvalue weighted by atomic mass is 32.2. The molecular weight excluding hydrogens is 362 g/mol. The van der Waals surface area contributed by atoms with Crippen LogP contribution in [0.25, 0.3) is 0 Å². The van der Waals surface area contributed by atoms with E-state index in [1.165, 1.54) is 11.8 Å². The first kappa shape index (κ1) is 21.6. The number of alkyl carbamates (subject to hydrolysis) is 1. The molecule has 0 saturated carbocycles. The number of anilines is 1. The van der Waals surface area contributed by atoms with Crippen molar-refractivity contribution in [1.82, 2.24) is 10.0 Å². The Bertz CT molecular complexity index is 658. The second kappa shape index (κ2) is 9.88. The van der Waals surface area contributed by atoms with Crippen LogP contribution in [0.2, 0.25) is 0 Å². The Morgan fingerprint density at radius 2 is 2.00 bits per heavy atom. The molecule has 4 N–H and O–H groups in total. The lowest BCUT2D eigenvalue weighted by Crippen LogP contribution is -2.35. The van der Waals surface area contributed by atoms with E-state index in [4.69, 9.17) is 10.5 Å². The van der Waals surface area contributed by atoms with Gasteiger partial charge in [0.1, 0.15) is 5.60 Å². The van der Waals surface area contributed by atoms with Crippen LogP contribution in [0.3, 0.4) is 0 Å². The molecule has 1 amide bonds. The number of rotatable bonds is 9. The van der Waals surface area contributed by atoms with E-state index in [0.29, 0.717) is 24.4 Å². The maximum absolute atomic E-state index is 11.9. The summed E-state index contributed by atoms with van der Waals surface area (Å²) in [6, 6.07) is 7.33. The van der Waals surface area contributed by atoms with Crippen molar-refractivity contribution in [2.24, 2.45) is 0 Å². The Morgan fingerprint density at radius 1 is 1.28 bits per heavy atom. The number of nitrogens with one attached hydrogen (secondary N) is 2. The van der Waals surface area contributed by atoms with Crippen molar-refractivity contribution in [3.63, 3.8) is 0 Å². The molecule has 0 radical (unpaired) electrons. The van der Waals surface area contributed by atoms with Crippen molar-refractivity contribution in [2.75, 3.05) is 30.3 Å². The molecule has 0 atom stereocenters. The van der Waals surface area contributed by atoms with Gasteiger partial charge in [-0.3, -0.25) is 0 Å². The molecule has 25 heavy (non-hydrogen) atoms. The van der Waals surface area contributed by atoms with E-state index >= 15 is 0 Å². The molecule has 0 unspecified atom stereocenters. The third kappa shape index (κ3) is 10.9. The fourth-order valence-electron chi connectivity index (χ4n) is 1.77. The van der Waals surface area contributed by atoms with Crippen molar-refractivity contribution in [3.05, 3.63) is 24.3 Å². The Balaban J connectivity index is 2.18. The minimum absolute atomic E-state index is 0.0198. The van der Waals surface area contributed by atoms with Crippen LogP contribution < -0.4 is 15.8 Å². The third-order valence-corrected chi connectivity index (χ3v) is 5.46. The molecule has 0 aromatic heterocycles. The fraction of sp³-hybridized carbons (Fsp3) is 0.562. The van der Waals surface area contributed by atoms with E-state index in [1.807, 2.05) is 18.2 Å². The van der Waals surface area contributed by atoms with Gasteiger partial charge in [-0.2, -0.15) is 0 Å². The standard InChI is InChI=1S/C16H27N3O4S2/c1-16(2,3)23-15(20)18-8-5-9-19-25(21,22)11-10-24-14-7-4-6-13(17)12-14/h4,6-7,12,19H,5,8-11,17H2,1-3H3,(H,18,20). The number of hydrogen-bond donors (Lipinski definition) is 3. The summed E-state index contributed by atoms with van der Waals surface area (Å²) in [7, 11) is -3.34. The molecule has 142 valence electrons. The summed E-state index contributed by atoms with van der Waals surface area (Å²) in [5.41, 5.74) is 5.79. The lowest BCUT2D eigenvalue weighted by molar-refractivity contribution is 0.0527. The summed E-state index contributed by atoms with van der Waals surface area (Å²) in [5.74, 6) is 0.459. The van der Waals surface area contributed by atoms with E-state index in [0.717, 1.165) is 4.90 Å². The second-order valence-electron chi connectivity index (χ2n) is 6.42. The Kier molecular flexibility index (Phi) is 8.54. The first-order valence-electron chi connectivity index (χ1n) is 8.00. The number of hydrogen-bond acceptors (Lipinski definition) is 6. The predicted octanol–water partition coefficient (Wildman–Crippen LogP) is 2.20. The lowest BCUT2D eigenvalue weighted by Gasteiger charge is -2.19. The second-order valence-corrected chi connectivity index (χ2v) is 9.51. The Morgan fingerprint density at radius 3 is 2.64 bits per heavy atom. The number of sulfonamides is 1. The number of nitrogen functional groups attached to an aromatic ring is 1. The van der Waals surface area contributed by atoms with Crippen LogP contribution in [-0.2, 0) is 14.8 Å². The number of carbonyl (C=O) groups excluding carboxylic acids is 1. The zero-order chi connectivity index (χ0) is 18.9. The summed E-state index contributed by atoms with van der Waals surface area (Å²) in [4.78, 5) is 12.4. The molecule has 0 fully saturated rings. The summed E-state index contributed by atoms with van der Waals surface area (Å²) < 4.78 is 31.4. The highest BCUT2D eigenvalue weighted by Gasteiger charge is 2.15. The molecule has 0 spiro atoms. The van der Waals surface area contributed by atoms with Gasteiger partial charge in [-0.05, 0) is 45.4 Å². The van der Waals surface area contributed by atoms with Crippen molar-refractivity contribution < 1.29 is 17.9 Å². The zero-order valence-corrected chi connectivity index (χ0v) is 16.5. The smallest absolute Gasteiger partial charge is 0.407 e. The van der Waals surface area contributed by atoms with Crippen LogP contribution in [0.5, 0.6) is 0 Å². The number of benzene rings is 1. The maximum atomic E-state index is 11.9. The summed E-state index contributed by atoms with van der Waals surface area (Å²) >= 11 is 1.44. The van der Waals surface area contributed by atoms with E-state index in [2.05, 4.69) is 10.0 Å². The van der Waals surface area contributed by atoms with Crippen molar-refractivity contribution in [2.45, 2.75) is 37.7 Å². The van der Waals surface area contributed by atoms with Gasteiger partial charge in [0, 0.05) is 29.4 Å². The van der Waals surface area contributed by atoms with Crippen LogP contribution in [0.4, 0.5) is 10.5 Å². The van der Waals surface area contributed by atoms with Crippen LogP contribution in [0.15, 0.2) is 29.2 Å². The molecule has 1 rings (SSSR count). The highest BCUT2D eigenvalue weighted by molar-refractivity contribution is 8.00. The van der Waals surface area contributed by atoms with Crippen molar-refractivity contribution in [3.8, 4) is 0 Å². The van der Waals surface area contributed by atoms with Gasteiger partial charge in [-0.15, -0.1) is 11.8 Å². The molecule has 0 bridgehead atoms. The summed E-state index contributed by atoms with van der Waals surface area (Å²) in [6.45, 7) is 5.95. The summed E-state index contributed by atoms with van der Waals surface area (Å²) in [5, 5.41) is 2.58. The molecule has 0 heterocycles. The minimum Gasteiger partial charge on any atom is -0.444 e. The molecular formula is C16H27N3O4S2. The van der Waals surface area contributed by atoms with Crippen LogP contribution in [-0.4, -0.2) is 44.7 Å².